The van der Waals surface area contributed by atoms with Crippen molar-refractivity contribution in [2.75, 3.05) is 10.6 Å². The molecule has 0 saturated heterocycles. The van der Waals surface area contributed by atoms with Crippen LogP contribution in [0.1, 0.15) is 32.6 Å². The molecule has 0 heterocycles. The topological polar surface area (TPSA) is 66.5 Å². The zero-order chi connectivity index (χ0) is 21.7. The van der Waals surface area contributed by atoms with E-state index in [1.807, 2.05) is 62.4 Å². The molecule has 1 N–H and O–H groups in total. The molecule has 0 fully saturated rings. The van der Waals surface area contributed by atoms with E-state index in [4.69, 9.17) is 0 Å². The van der Waals surface area contributed by atoms with Crippen molar-refractivity contribution >= 4 is 21.6 Å². The summed E-state index contributed by atoms with van der Waals surface area (Å²) in [6.07, 6.45) is 1.21. The first-order valence-corrected chi connectivity index (χ1v) is 11.6. The summed E-state index contributed by atoms with van der Waals surface area (Å²) in [5.41, 5.74) is 4.87. The molecule has 6 heteroatoms. The van der Waals surface area contributed by atoms with Crippen molar-refractivity contribution in [2.45, 2.75) is 26.9 Å². The third kappa shape index (κ3) is 5.27. The van der Waals surface area contributed by atoms with Gasteiger partial charge in [-0.15, -0.1) is 0 Å². The smallest absolute Gasteiger partial charge is 0.251 e. The summed E-state index contributed by atoms with van der Waals surface area (Å²) in [5.74, 6) is -0.167. The molecule has 5 nitrogen and oxygen atoms in total. The van der Waals surface area contributed by atoms with Gasteiger partial charge in [-0.1, -0.05) is 60.7 Å². The molecule has 156 valence electrons. The predicted molar refractivity (Wildman–Crippen MR) is 121 cm³/mol. The number of hydrogen-bond donors (Lipinski definition) is 1. The van der Waals surface area contributed by atoms with Gasteiger partial charge in [0, 0.05) is 12.1 Å². The number of nitrogens with one attached hydrogen (secondary N) is 1. The van der Waals surface area contributed by atoms with Gasteiger partial charge in [-0.25, -0.2) is 8.42 Å². The third-order valence-corrected chi connectivity index (χ3v) is 6.04. The van der Waals surface area contributed by atoms with E-state index in [-0.39, 0.29) is 12.5 Å². The normalized spacial score (nSPS) is 11.2. The summed E-state index contributed by atoms with van der Waals surface area (Å²) >= 11 is 0. The Bertz CT molecular complexity index is 1100. The fraction of sp³-hybridized carbons (Fsp3) is 0.208. The van der Waals surface area contributed by atoms with Gasteiger partial charge in [-0.05, 0) is 48.2 Å². The first-order chi connectivity index (χ1) is 14.3. The number of hydrogen-bond acceptors (Lipinski definition) is 3. The molecule has 1 amide bonds. The van der Waals surface area contributed by atoms with Crippen LogP contribution in [0, 0.1) is 13.8 Å². The van der Waals surface area contributed by atoms with Crippen molar-refractivity contribution in [3.63, 3.8) is 0 Å². The minimum atomic E-state index is -3.47. The van der Waals surface area contributed by atoms with Crippen LogP contribution in [0.3, 0.4) is 0 Å². The molecule has 0 bridgehead atoms. The molecule has 0 spiro atoms. The van der Waals surface area contributed by atoms with Gasteiger partial charge in [0.1, 0.15) is 0 Å². The minimum Gasteiger partial charge on any atom is -0.348 e. The molecule has 0 aliphatic carbocycles. The second-order valence-electron chi connectivity index (χ2n) is 7.38. The lowest BCUT2D eigenvalue weighted by atomic mass is 10.1. The number of anilines is 1. The predicted octanol–water partition coefficient (Wildman–Crippen LogP) is 4.20. The first-order valence-electron chi connectivity index (χ1n) is 9.70. The Balaban J connectivity index is 1.75. The van der Waals surface area contributed by atoms with Crippen molar-refractivity contribution in [1.29, 1.82) is 0 Å². The second kappa shape index (κ2) is 9.13. The van der Waals surface area contributed by atoms with Crippen molar-refractivity contribution in [3.8, 4) is 0 Å². The summed E-state index contributed by atoms with van der Waals surface area (Å²) in [4.78, 5) is 12.4. The fourth-order valence-electron chi connectivity index (χ4n) is 3.37. The average molecular weight is 423 g/mol. The van der Waals surface area contributed by atoms with E-state index in [1.54, 1.807) is 24.3 Å². The van der Waals surface area contributed by atoms with Gasteiger partial charge >= 0.3 is 0 Å². The molecule has 3 rings (SSSR count). The summed E-state index contributed by atoms with van der Waals surface area (Å²) in [7, 11) is -3.47. The monoisotopic (exact) mass is 422 g/mol. The van der Waals surface area contributed by atoms with Gasteiger partial charge < -0.3 is 5.32 Å². The number of rotatable bonds is 7. The van der Waals surface area contributed by atoms with Crippen LogP contribution in [0.4, 0.5) is 5.69 Å². The zero-order valence-corrected chi connectivity index (χ0v) is 18.2. The SMILES string of the molecule is Cc1cccc(C)c1N(Cc1ccc(C(=O)NCc2ccccc2)cc1)S(C)(=O)=O. The maximum Gasteiger partial charge on any atom is 0.251 e. The molecule has 0 aliphatic heterocycles. The lowest BCUT2D eigenvalue weighted by Crippen LogP contribution is -2.30. The van der Waals surface area contributed by atoms with Crippen molar-refractivity contribution < 1.29 is 13.2 Å². The van der Waals surface area contributed by atoms with E-state index in [0.29, 0.717) is 17.8 Å². The van der Waals surface area contributed by atoms with Gasteiger partial charge in [0.25, 0.3) is 5.91 Å². The molecule has 0 aromatic heterocycles. The van der Waals surface area contributed by atoms with Crippen LogP contribution in [-0.2, 0) is 23.1 Å². The highest BCUT2D eigenvalue weighted by molar-refractivity contribution is 7.92. The van der Waals surface area contributed by atoms with Crippen molar-refractivity contribution in [2.24, 2.45) is 0 Å². The van der Waals surface area contributed by atoms with E-state index in [0.717, 1.165) is 22.3 Å². The van der Waals surface area contributed by atoms with Gasteiger partial charge in [-0.3, -0.25) is 9.10 Å². The Morgan fingerprint density at radius 1 is 0.833 bits per heavy atom. The summed E-state index contributed by atoms with van der Waals surface area (Å²) in [5, 5.41) is 2.90. The van der Waals surface area contributed by atoms with E-state index in [1.165, 1.54) is 10.6 Å². The number of benzene rings is 3. The lowest BCUT2D eigenvalue weighted by molar-refractivity contribution is 0.0951. The molecule has 3 aromatic rings. The summed E-state index contributed by atoms with van der Waals surface area (Å²) < 4.78 is 26.4. The Kier molecular flexibility index (Phi) is 6.57. The maximum atomic E-state index is 12.5. The molecule has 0 aliphatic rings. The van der Waals surface area contributed by atoms with E-state index in [9.17, 15) is 13.2 Å². The first kappa shape index (κ1) is 21.6. The number of carbonyl (C=O) groups is 1. The van der Waals surface area contributed by atoms with Crippen LogP contribution in [-0.4, -0.2) is 20.6 Å². The second-order valence-corrected chi connectivity index (χ2v) is 9.28. The number of sulfonamides is 1. The Hall–Kier alpha value is -3.12. The molecule has 0 unspecified atom stereocenters. The highest BCUT2D eigenvalue weighted by Gasteiger charge is 2.21. The molecule has 0 radical (unpaired) electrons. The van der Waals surface area contributed by atoms with E-state index >= 15 is 0 Å². The van der Waals surface area contributed by atoms with Crippen LogP contribution >= 0.6 is 0 Å². The number of aryl methyl sites for hydroxylation is 2. The quantitative estimate of drug-likeness (QED) is 0.621. The largest absolute Gasteiger partial charge is 0.348 e. The third-order valence-electron chi connectivity index (χ3n) is 4.93. The number of amides is 1. The molecular formula is C24H26N2O3S. The van der Waals surface area contributed by atoms with Gasteiger partial charge in [0.15, 0.2) is 0 Å². The summed E-state index contributed by atoms with van der Waals surface area (Å²) in [6.45, 7) is 4.47. The van der Waals surface area contributed by atoms with Crippen LogP contribution in [0.2, 0.25) is 0 Å². The summed E-state index contributed by atoms with van der Waals surface area (Å²) in [6, 6.07) is 22.5. The van der Waals surface area contributed by atoms with Gasteiger partial charge in [0.05, 0.1) is 18.5 Å². The highest BCUT2D eigenvalue weighted by atomic mass is 32.2. The zero-order valence-electron chi connectivity index (χ0n) is 17.4. The van der Waals surface area contributed by atoms with E-state index < -0.39 is 10.0 Å². The number of nitrogens with zero attached hydrogens (tertiary/aromatic N) is 1. The van der Waals surface area contributed by atoms with E-state index in [2.05, 4.69) is 5.32 Å². The maximum absolute atomic E-state index is 12.5. The van der Waals surface area contributed by atoms with Crippen molar-refractivity contribution in [1.82, 2.24) is 5.32 Å². The standard InChI is InChI=1S/C24H26N2O3S/c1-18-8-7-9-19(2)23(18)26(30(3,28)29)17-21-12-14-22(15-13-21)24(27)25-16-20-10-5-4-6-11-20/h4-15H,16-17H2,1-3H3,(H,25,27). The molecule has 0 saturated carbocycles. The van der Waals surface area contributed by atoms with Gasteiger partial charge in [-0.2, -0.15) is 0 Å². The number of carbonyl (C=O) groups excluding carboxylic acids is 1. The average Bonchev–Trinajstić information content (AvgIpc) is 2.71. The highest BCUT2D eigenvalue weighted by Crippen LogP contribution is 2.28. The number of para-hydroxylation sites is 1. The molecular weight excluding hydrogens is 396 g/mol. The van der Waals surface area contributed by atoms with Crippen LogP contribution in [0.15, 0.2) is 72.8 Å². The Morgan fingerprint density at radius 2 is 1.43 bits per heavy atom. The van der Waals surface area contributed by atoms with Crippen molar-refractivity contribution in [3.05, 3.63) is 101 Å². The lowest BCUT2D eigenvalue weighted by Gasteiger charge is -2.26. The minimum absolute atomic E-state index is 0.167. The van der Waals surface area contributed by atoms with Crippen LogP contribution in [0.5, 0.6) is 0 Å². The van der Waals surface area contributed by atoms with Crippen LogP contribution < -0.4 is 9.62 Å². The van der Waals surface area contributed by atoms with Gasteiger partial charge in [0.2, 0.25) is 10.0 Å². The Morgan fingerprint density at radius 3 is 2.00 bits per heavy atom. The molecule has 30 heavy (non-hydrogen) atoms. The Labute approximate surface area is 178 Å². The fourth-order valence-corrected chi connectivity index (χ4v) is 4.37. The molecule has 3 aromatic carbocycles. The van der Waals surface area contributed by atoms with Crippen LogP contribution in [0.25, 0.3) is 0 Å². The molecule has 0 atom stereocenters.